The lowest BCUT2D eigenvalue weighted by atomic mass is 9.79. The number of pyridine rings is 1. The molecule has 2 saturated heterocycles. The Bertz CT molecular complexity index is 786. The molecular formula is C20H28N4O. The SMILES string of the molecule is Cc1ccn2c(=O)cc(CN3CCC(C4CCNCC4)CC3)nc2c1. The summed E-state index contributed by atoms with van der Waals surface area (Å²) in [5, 5.41) is 3.47. The van der Waals surface area contributed by atoms with Gasteiger partial charge in [0.2, 0.25) is 0 Å². The van der Waals surface area contributed by atoms with Gasteiger partial charge in [-0.2, -0.15) is 0 Å². The fraction of sp³-hybridized carbons (Fsp3) is 0.600. The van der Waals surface area contributed by atoms with Crippen molar-refractivity contribution in [3.05, 3.63) is 46.0 Å². The van der Waals surface area contributed by atoms with Crippen LogP contribution < -0.4 is 10.9 Å². The van der Waals surface area contributed by atoms with E-state index in [0.29, 0.717) is 0 Å². The molecule has 25 heavy (non-hydrogen) atoms. The predicted octanol–water partition coefficient (Wildman–Crippen LogP) is 2.21. The smallest absolute Gasteiger partial charge is 0.258 e. The topological polar surface area (TPSA) is 49.6 Å². The average Bonchev–Trinajstić information content (AvgIpc) is 2.63. The molecule has 2 aromatic heterocycles. The van der Waals surface area contributed by atoms with Crippen molar-refractivity contribution >= 4 is 5.65 Å². The second kappa shape index (κ2) is 7.26. The van der Waals surface area contributed by atoms with E-state index in [-0.39, 0.29) is 5.56 Å². The highest BCUT2D eigenvalue weighted by molar-refractivity contribution is 5.41. The third kappa shape index (κ3) is 3.77. The maximum absolute atomic E-state index is 12.3. The highest BCUT2D eigenvalue weighted by atomic mass is 16.1. The zero-order valence-electron chi connectivity index (χ0n) is 15.1. The van der Waals surface area contributed by atoms with Crippen molar-refractivity contribution < 1.29 is 0 Å². The molecule has 0 atom stereocenters. The highest BCUT2D eigenvalue weighted by Crippen LogP contribution is 2.31. The van der Waals surface area contributed by atoms with Gasteiger partial charge >= 0.3 is 0 Å². The van der Waals surface area contributed by atoms with Crippen LogP contribution in [0.3, 0.4) is 0 Å². The van der Waals surface area contributed by atoms with E-state index in [9.17, 15) is 4.79 Å². The third-order valence-corrected chi connectivity index (χ3v) is 5.94. The molecule has 2 aliphatic heterocycles. The van der Waals surface area contributed by atoms with Crippen LogP contribution in [-0.4, -0.2) is 40.5 Å². The second-order valence-electron chi connectivity index (χ2n) is 7.72. The monoisotopic (exact) mass is 340 g/mol. The molecule has 0 unspecified atom stereocenters. The van der Waals surface area contributed by atoms with Crippen LogP contribution in [-0.2, 0) is 6.54 Å². The zero-order valence-corrected chi connectivity index (χ0v) is 15.1. The molecule has 5 heteroatoms. The first kappa shape index (κ1) is 16.7. The number of hydrogen-bond donors (Lipinski definition) is 1. The lowest BCUT2D eigenvalue weighted by molar-refractivity contribution is 0.125. The van der Waals surface area contributed by atoms with Gasteiger partial charge in [0, 0.05) is 18.8 Å². The van der Waals surface area contributed by atoms with Gasteiger partial charge in [-0.1, -0.05) is 0 Å². The summed E-state index contributed by atoms with van der Waals surface area (Å²) in [5.41, 5.74) is 2.81. The third-order valence-electron chi connectivity index (χ3n) is 5.94. The minimum Gasteiger partial charge on any atom is -0.317 e. The van der Waals surface area contributed by atoms with Gasteiger partial charge in [0.25, 0.3) is 5.56 Å². The summed E-state index contributed by atoms with van der Waals surface area (Å²) in [4.78, 5) is 19.5. The number of fused-ring (bicyclic) bond motifs is 1. The molecule has 4 heterocycles. The number of rotatable bonds is 3. The van der Waals surface area contributed by atoms with E-state index in [1.807, 2.05) is 25.3 Å². The van der Waals surface area contributed by atoms with Crippen LogP contribution in [0.25, 0.3) is 5.65 Å². The molecule has 0 aliphatic carbocycles. The Morgan fingerprint density at radius 1 is 1.12 bits per heavy atom. The largest absolute Gasteiger partial charge is 0.317 e. The minimum atomic E-state index is 0.0181. The van der Waals surface area contributed by atoms with Gasteiger partial charge in [0.1, 0.15) is 5.65 Å². The Morgan fingerprint density at radius 3 is 2.60 bits per heavy atom. The molecule has 0 aromatic carbocycles. The van der Waals surface area contributed by atoms with Crippen molar-refractivity contribution in [1.29, 1.82) is 0 Å². The fourth-order valence-electron chi connectivity index (χ4n) is 4.46. The standard InChI is InChI=1S/C20H28N4O/c1-15-4-11-24-19(12-15)22-18(13-20(24)25)14-23-9-5-17(6-10-23)16-2-7-21-8-3-16/h4,11-13,16-17,21H,2-3,5-10,14H2,1H3. The van der Waals surface area contributed by atoms with E-state index >= 15 is 0 Å². The molecule has 2 fully saturated rings. The van der Waals surface area contributed by atoms with Crippen molar-refractivity contribution in [1.82, 2.24) is 19.6 Å². The van der Waals surface area contributed by atoms with Crippen molar-refractivity contribution in [3.63, 3.8) is 0 Å². The first-order valence-corrected chi connectivity index (χ1v) is 9.61. The van der Waals surface area contributed by atoms with E-state index in [4.69, 9.17) is 4.98 Å². The van der Waals surface area contributed by atoms with Crippen LogP contribution >= 0.6 is 0 Å². The van der Waals surface area contributed by atoms with Crippen molar-refractivity contribution in [2.75, 3.05) is 26.2 Å². The van der Waals surface area contributed by atoms with Crippen LogP contribution in [0.2, 0.25) is 0 Å². The Labute approximate surface area is 149 Å². The summed E-state index contributed by atoms with van der Waals surface area (Å²) in [7, 11) is 0. The molecule has 4 rings (SSSR count). The maximum Gasteiger partial charge on any atom is 0.258 e. The van der Waals surface area contributed by atoms with E-state index < -0.39 is 0 Å². The first-order valence-electron chi connectivity index (χ1n) is 9.61. The Balaban J connectivity index is 1.41. The van der Waals surface area contributed by atoms with Crippen LogP contribution in [0.4, 0.5) is 0 Å². The summed E-state index contributed by atoms with van der Waals surface area (Å²) in [6.07, 6.45) is 7.07. The summed E-state index contributed by atoms with van der Waals surface area (Å²) in [5.74, 6) is 1.80. The normalized spacial score (nSPS) is 21.0. The van der Waals surface area contributed by atoms with Gasteiger partial charge < -0.3 is 5.32 Å². The molecule has 5 nitrogen and oxygen atoms in total. The van der Waals surface area contributed by atoms with Gasteiger partial charge in [0.15, 0.2) is 0 Å². The molecule has 0 radical (unpaired) electrons. The zero-order chi connectivity index (χ0) is 17.2. The molecule has 2 aromatic rings. The quantitative estimate of drug-likeness (QED) is 0.931. The molecule has 0 saturated carbocycles. The summed E-state index contributed by atoms with van der Waals surface area (Å²) in [6, 6.07) is 5.62. The number of aryl methyl sites for hydroxylation is 1. The number of hydrogen-bond acceptors (Lipinski definition) is 4. The second-order valence-corrected chi connectivity index (χ2v) is 7.72. The summed E-state index contributed by atoms with van der Waals surface area (Å²) in [6.45, 7) is 7.46. The number of nitrogens with one attached hydrogen (secondary N) is 1. The minimum absolute atomic E-state index is 0.0181. The van der Waals surface area contributed by atoms with E-state index in [2.05, 4.69) is 10.2 Å². The Hall–Kier alpha value is -1.72. The molecular weight excluding hydrogens is 312 g/mol. The summed E-state index contributed by atoms with van der Waals surface area (Å²) >= 11 is 0. The Morgan fingerprint density at radius 2 is 1.84 bits per heavy atom. The predicted molar refractivity (Wildman–Crippen MR) is 99.8 cm³/mol. The van der Waals surface area contributed by atoms with E-state index in [0.717, 1.165) is 48.4 Å². The Kier molecular flexibility index (Phi) is 4.86. The maximum atomic E-state index is 12.3. The van der Waals surface area contributed by atoms with Gasteiger partial charge in [-0.15, -0.1) is 0 Å². The van der Waals surface area contributed by atoms with Crippen LogP contribution in [0.15, 0.2) is 29.2 Å². The number of nitrogens with zero attached hydrogens (tertiary/aromatic N) is 3. The van der Waals surface area contributed by atoms with Crippen molar-refractivity contribution in [2.24, 2.45) is 11.8 Å². The molecule has 2 aliphatic rings. The van der Waals surface area contributed by atoms with Crippen LogP contribution in [0.5, 0.6) is 0 Å². The first-order chi connectivity index (χ1) is 12.2. The van der Waals surface area contributed by atoms with Gasteiger partial charge in [-0.05, 0) is 88.3 Å². The van der Waals surface area contributed by atoms with Gasteiger partial charge in [0.05, 0.1) is 5.69 Å². The molecule has 0 amide bonds. The number of likely N-dealkylation sites (tertiary alicyclic amines) is 1. The molecule has 1 N–H and O–H groups in total. The van der Waals surface area contributed by atoms with E-state index in [1.54, 1.807) is 10.5 Å². The van der Waals surface area contributed by atoms with E-state index in [1.165, 1.54) is 38.8 Å². The summed E-state index contributed by atoms with van der Waals surface area (Å²) < 4.78 is 1.62. The van der Waals surface area contributed by atoms with Gasteiger partial charge in [-0.25, -0.2) is 4.98 Å². The lowest BCUT2D eigenvalue weighted by Gasteiger charge is -2.37. The highest BCUT2D eigenvalue weighted by Gasteiger charge is 2.27. The van der Waals surface area contributed by atoms with Crippen molar-refractivity contribution in [2.45, 2.75) is 39.2 Å². The van der Waals surface area contributed by atoms with Crippen molar-refractivity contribution in [3.8, 4) is 0 Å². The molecule has 0 bridgehead atoms. The molecule has 134 valence electrons. The molecule has 0 spiro atoms. The van der Waals surface area contributed by atoms with Gasteiger partial charge in [-0.3, -0.25) is 14.1 Å². The lowest BCUT2D eigenvalue weighted by Crippen LogP contribution is -2.39. The van der Waals surface area contributed by atoms with Crippen LogP contribution in [0.1, 0.15) is 36.9 Å². The fourth-order valence-corrected chi connectivity index (χ4v) is 4.46. The number of piperidine rings is 2. The number of aromatic nitrogens is 2. The van der Waals surface area contributed by atoms with Crippen LogP contribution in [0, 0.1) is 18.8 Å². The average molecular weight is 340 g/mol.